The zero-order chi connectivity index (χ0) is 12.8. The third kappa shape index (κ3) is 3.82. The van der Waals surface area contributed by atoms with E-state index in [9.17, 15) is 4.79 Å². The van der Waals surface area contributed by atoms with Crippen LogP contribution in [-0.2, 0) is 9.53 Å². The quantitative estimate of drug-likeness (QED) is 0.572. The van der Waals surface area contributed by atoms with Gasteiger partial charge in [0.25, 0.3) is 0 Å². The predicted molar refractivity (Wildman–Crippen MR) is 71.4 cm³/mol. The Kier molecular flexibility index (Phi) is 5.20. The van der Waals surface area contributed by atoms with Gasteiger partial charge in [0.05, 0.1) is 6.61 Å². The first-order chi connectivity index (χ1) is 8.79. The lowest BCUT2D eigenvalue weighted by Gasteiger charge is -2.24. The molecule has 2 atom stereocenters. The van der Waals surface area contributed by atoms with Crippen LogP contribution in [0.15, 0.2) is 12.7 Å². The highest BCUT2D eigenvalue weighted by atomic mass is 16.5. The van der Waals surface area contributed by atoms with Crippen LogP contribution < -0.4 is 5.32 Å². The molecular formula is C14H24N2O2. The van der Waals surface area contributed by atoms with Gasteiger partial charge in [0.15, 0.2) is 0 Å². The molecule has 102 valence electrons. The third-order valence-corrected chi connectivity index (χ3v) is 3.79. The molecule has 0 saturated carbocycles. The number of nitrogens with zero attached hydrogens (tertiary/aromatic N) is 1. The topological polar surface area (TPSA) is 41.6 Å². The second kappa shape index (κ2) is 6.90. The number of ether oxygens (including phenoxy) is 1. The van der Waals surface area contributed by atoms with Crippen LogP contribution >= 0.6 is 0 Å². The standard InChI is InChI=1S/C14H24N2O2/c1-2-9-18-10-3-4-14(17)16-8-7-12-5-6-13(11-16)15-12/h2,12-13,15H,1,3-11H2. The summed E-state index contributed by atoms with van der Waals surface area (Å²) in [5, 5.41) is 3.59. The number of hydrogen-bond acceptors (Lipinski definition) is 3. The molecule has 0 aromatic heterocycles. The van der Waals surface area contributed by atoms with E-state index >= 15 is 0 Å². The van der Waals surface area contributed by atoms with Gasteiger partial charge in [-0.15, -0.1) is 6.58 Å². The molecule has 4 heteroatoms. The Bertz CT molecular complexity index is 294. The number of carbonyl (C=O) groups is 1. The van der Waals surface area contributed by atoms with Crippen molar-refractivity contribution in [2.24, 2.45) is 0 Å². The number of carbonyl (C=O) groups excluding carboxylic acids is 1. The highest BCUT2D eigenvalue weighted by molar-refractivity contribution is 5.76. The molecule has 0 spiro atoms. The number of hydrogen-bond donors (Lipinski definition) is 1. The van der Waals surface area contributed by atoms with E-state index in [1.807, 2.05) is 4.90 Å². The number of amides is 1. The summed E-state index contributed by atoms with van der Waals surface area (Å²) in [6.45, 7) is 6.62. The minimum absolute atomic E-state index is 0.284. The van der Waals surface area contributed by atoms with Crippen molar-refractivity contribution in [1.29, 1.82) is 0 Å². The van der Waals surface area contributed by atoms with Gasteiger partial charge in [-0.05, 0) is 25.7 Å². The molecule has 0 aliphatic carbocycles. The Morgan fingerprint density at radius 2 is 2.22 bits per heavy atom. The van der Waals surface area contributed by atoms with Gasteiger partial charge >= 0.3 is 0 Å². The molecule has 0 aromatic rings. The molecule has 2 heterocycles. The van der Waals surface area contributed by atoms with Gasteiger partial charge in [0.2, 0.25) is 5.91 Å². The maximum Gasteiger partial charge on any atom is 0.222 e. The summed E-state index contributed by atoms with van der Waals surface area (Å²) in [5.41, 5.74) is 0. The molecular weight excluding hydrogens is 228 g/mol. The van der Waals surface area contributed by atoms with Crippen molar-refractivity contribution < 1.29 is 9.53 Å². The molecule has 0 radical (unpaired) electrons. The van der Waals surface area contributed by atoms with Crippen LogP contribution in [0.4, 0.5) is 0 Å². The molecule has 2 fully saturated rings. The van der Waals surface area contributed by atoms with Crippen LogP contribution in [0.25, 0.3) is 0 Å². The fraction of sp³-hybridized carbons (Fsp3) is 0.786. The van der Waals surface area contributed by atoms with Gasteiger partial charge in [-0.2, -0.15) is 0 Å². The summed E-state index contributed by atoms with van der Waals surface area (Å²) in [5.74, 6) is 0.284. The second-order valence-corrected chi connectivity index (χ2v) is 5.23. The van der Waals surface area contributed by atoms with E-state index in [-0.39, 0.29) is 5.91 Å². The van der Waals surface area contributed by atoms with Gasteiger partial charge in [0, 0.05) is 38.2 Å². The lowest BCUT2D eigenvalue weighted by Crippen LogP contribution is -2.39. The molecule has 2 bridgehead atoms. The first kappa shape index (κ1) is 13.6. The maximum atomic E-state index is 12.1. The van der Waals surface area contributed by atoms with E-state index in [4.69, 9.17) is 4.74 Å². The summed E-state index contributed by atoms with van der Waals surface area (Å²) in [7, 11) is 0. The van der Waals surface area contributed by atoms with Crippen LogP contribution in [-0.4, -0.2) is 49.2 Å². The van der Waals surface area contributed by atoms with Crippen LogP contribution in [0.1, 0.15) is 32.1 Å². The Hall–Kier alpha value is -0.870. The zero-order valence-corrected chi connectivity index (χ0v) is 11.1. The Morgan fingerprint density at radius 3 is 3.06 bits per heavy atom. The lowest BCUT2D eigenvalue weighted by atomic mass is 10.1. The Labute approximate surface area is 109 Å². The monoisotopic (exact) mass is 252 g/mol. The van der Waals surface area contributed by atoms with Crippen molar-refractivity contribution in [2.45, 2.75) is 44.2 Å². The summed E-state index contributed by atoms with van der Waals surface area (Å²) in [4.78, 5) is 14.1. The molecule has 4 nitrogen and oxygen atoms in total. The van der Waals surface area contributed by atoms with Crippen molar-refractivity contribution in [3.05, 3.63) is 12.7 Å². The molecule has 0 aromatic carbocycles. The summed E-state index contributed by atoms with van der Waals surface area (Å²) in [6, 6.07) is 1.17. The minimum Gasteiger partial charge on any atom is -0.377 e. The van der Waals surface area contributed by atoms with Gasteiger partial charge in [-0.3, -0.25) is 4.79 Å². The second-order valence-electron chi connectivity index (χ2n) is 5.23. The van der Waals surface area contributed by atoms with E-state index < -0.39 is 0 Å². The summed E-state index contributed by atoms with van der Waals surface area (Å²) in [6.07, 6.45) is 6.76. The van der Waals surface area contributed by atoms with Gasteiger partial charge in [-0.1, -0.05) is 6.08 Å². The first-order valence-corrected chi connectivity index (χ1v) is 7.02. The van der Waals surface area contributed by atoms with E-state index in [1.54, 1.807) is 6.08 Å². The number of nitrogens with one attached hydrogen (secondary N) is 1. The molecule has 2 aliphatic rings. The molecule has 2 saturated heterocycles. The Balaban J connectivity index is 1.67. The molecule has 2 rings (SSSR count). The average Bonchev–Trinajstić information content (AvgIpc) is 2.68. The fourth-order valence-corrected chi connectivity index (χ4v) is 2.82. The molecule has 1 amide bonds. The fourth-order valence-electron chi connectivity index (χ4n) is 2.82. The van der Waals surface area contributed by atoms with Crippen molar-refractivity contribution in [3.8, 4) is 0 Å². The largest absolute Gasteiger partial charge is 0.377 e. The highest BCUT2D eigenvalue weighted by Crippen LogP contribution is 2.20. The maximum absolute atomic E-state index is 12.1. The van der Waals surface area contributed by atoms with Crippen molar-refractivity contribution in [2.75, 3.05) is 26.3 Å². The molecule has 2 unspecified atom stereocenters. The smallest absolute Gasteiger partial charge is 0.222 e. The van der Waals surface area contributed by atoms with Crippen LogP contribution in [0, 0.1) is 0 Å². The SMILES string of the molecule is C=CCOCCCC(=O)N1CCC2CCC(C1)N2. The number of likely N-dealkylation sites (tertiary alicyclic amines) is 1. The van der Waals surface area contributed by atoms with Crippen LogP contribution in [0.5, 0.6) is 0 Å². The van der Waals surface area contributed by atoms with Gasteiger partial charge < -0.3 is 15.0 Å². The number of fused-ring (bicyclic) bond motifs is 2. The van der Waals surface area contributed by atoms with Crippen molar-refractivity contribution in [1.82, 2.24) is 10.2 Å². The van der Waals surface area contributed by atoms with Crippen LogP contribution in [0.2, 0.25) is 0 Å². The number of rotatable bonds is 6. The average molecular weight is 252 g/mol. The molecule has 1 N–H and O–H groups in total. The first-order valence-electron chi connectivity index (χ1n) is 7.02. The van der Waals surface area contributed by atoms with Crippen molar-refractivity contribution in [3.63, 3.8) is 0 Å². The normalized spacial score (nSPS) is 27.0. The van der Waals surface area contributed by atoms with E-state index in [1.165, 1.54) is 12.8 Å². The minimum atomic E-state index is 0.284. The molecule has 18 heavy (non-hydrogen) atoms. The van der Waals surface area contributed by atoms with E-state index in [0.717, 1.165) is 25.9 Å². The van der Waals surface area contributed by atoms with Crippen LogP contribution in [0.3, 0.4) is 0 Å². The van der Waals surface area contributed by atoms with Gasteiger partial charge in [0.1, 0.15) is 0 Å². The highest BCUT2D eigenvalue weighted by Gasteiger charge is 2.30. The summed E-state index contributed by atoms with van der Waals surface area (Å²) < 4.78 is 5.29. The van der Waals surface area contributed by atoms with E-state index in [0.29, 0.717) is 31.7 Å². The van der Waals surface area contributed by atoms with E-state index in [2.05, 4.69) is 11.9 Å². The molecule has 2 aliphatic heterocycles. The summed E-state index contributed by atoms with van der Waals surface area (Å²) >= 11 is 0. The van der Waals surface area contributed by atoms with Crippen molar-refractivity contribution >= 4 is 5.91 Å². The lowest BCUT2D eigenvalue weighted by molar-refractivity contribution is -0.131. The predicted octanol–water partition coefficient (Wildman–Crippen LogP) is 1.32. The third-order valence-electron chi connectivity index (χ3n) is 3.79. The Morgan fingerprint density at radius 1 is 1.39 bits per heavy atom. The van der Waals surface area contributed by atoms with Gasteiger partial charge in [-0.25, -0.2) is 0 Å². The zero-order valence-electron chi connectivity index (χ0n) is 11.1.